The zero-order valence-electron chi connectivity index (χ0n) is 17.2. The summed E-state index contributed by atoms with van der Waals surface area (Å²) < 4.78 is 5.49. The molecule has 3 nitrogen and oxygen atoms in total. The molecular weight excluding hydrogens is 345 g/mol. The minimum atomic E-state index is -0.374. The van der Waals surface area contributed by atoms with Crippen molar-refractivity contribution >= 4 is 13.3 Å². The van der Waals surface area contributed by atoms with Gasteiger partial charge < -0.3 is 15.6 Å². The molecule has 0 bridgehead atoms. The van der Waals surface area contributed by atoms with Crippen molar-refractivity contribution in [3.8, 4) is 5.75 Å². The summed E-state index contributed by atoms with van der Waals surface area (Å²) in [6.45, 7) is 0.0971. The number of aliphatic hydroxyl groups is 1. The summed E-state index contributed by atoms with van der Waals surface area (Å²) >= 11 is 0. The minimum absolute atomic E-state index is 0.0971. The Hall–Kier alpha value is -1.78. The van der Waals surface area contributed by atoms with Crippen LogP contribution in [0.5, 0.6) is 5.75 Å². The molecule has 2 aliphatic rings. The summed E-state index contributed by atoms with van der Waals surface area (Å²) in [5.41, 5.74) is 12.9. The van der Waals surface area contributed by atoms with Crippen molar-refractivity contribution in [1.29, 1.82) is 0 Å². The Kier molecular flexibility index (Phi) is 5.53. The van der Waals surface area contributed by atoms with Gasteiger partial charge in [0.2, 0.25) is 0 Å². The maximum absolute atomic E-state index is 9.55. The largest absolute Gasteiger partial charge is 0.497 e. The second-order valence-corrected chi connectivity index (χ2v) is 9.11. The van der Waals surface area contributed by atoms with Crippen LogP contribution < -0.4 is 15.9 Å². The Bertz CT molecular complexity index is 852. The first-order chi connectivity index (χ1) is 13.5. The van der Waals surface area contributed by atoms with Crippen LogP contribution in [0.1, 0.15) is 53.9 Å². The molecule has 1 saturated carbocycles. The van der Waals surface area contributed by atoms with E-state index in [0.29, 0.717) is 11.8 Å². The van der Waals surface area contributed by atoms with Gasteiger partial charge in [-0.1, -0.05) is 30.3 Å². The van der Waals surface area contributed by atoms with E-state index in [4.69, 9.17) is 10.5 Å². The number of ether oxygens (including phenoxy) is 1. The van der Waals surface area contributed by atoms with E-state index in [0.717, 1.165) is 44.3 Å². The standard InChI is InChI=1S/C24H32BNO2/c1-28-23-12-17(3-7-22(23)25)10-16-2-4-19-13-20(6-5-18(19)11-16)21-8-9-24(26,14-21)15-27/h3,5-7,12-13,16,21,27H,2,4,8-11,14-15,25-26H2,1H3/t16-,21-,24+/m0/s1. The van der Waals surface area contributed by atoms with Crippen LogP contribution in [0.4, 0.5) is 0 Å². The Morgan fingerprint density at radius 3 is 2.79 bits per heavy atom. The lowest BCUT2D eigenvalue weighted by molar-refractivity contribution is 0.198. The lowest BCUT2D eigenvalue weighted by Gasteiger charge is -2.26. The van der Waals surface area contributed by atoms with Gasteiger partial charge in [-0.05, 0) is 90.6 Å². The van der Waals surface area contributed by atoms with Crippen molar-refractivity contribution in [2.24, 2.45) is 11.7 Å². The quantitative estimate of drug-likeness (QED) is 0.786. The fraction of sp³-hybridized carbons (Fsp3) is 0.500. The molecule has 0 radical (unpaired) electrons. The fourth-order valence-electron chi connectivity index (χ4n) is 5.19. The average Bonchev–Trinajstić information content (AvgIpc) is 3.12. The molecule has 0 spiro atoms. The third-order valence-electron chi connectivity index (χ3n) is 6.99. The first-order valence-electron chi connectivity index (χ1n) is 10.6. The first kappa shape index (κ1) is 19.5. The number of aryl methyl sites for hydroxylation is 1. The molecule has 1 fully saturated rings. The van der Waals surface area contributed by atoms with Crippen LogP contribution in [0, 0.1) is 5.92 Å². The average molecular weight is 377 g/mol. The van der Waals surface area contributed by atoms with Crippen LogP contribution in [0.3, 0.4) is 0 Å². The molecule has 4 heteroatoms. The topological polar surface area (TPSA) is 55.5 Å². The SMILES string of the molecule is Bc1ccc(C[C@@H]2CCc3cc([C@H]4CC[C@](N)(CO)C4)ccc3C2)cc1OC. The monoisotopic (exact) mass is 377 g/mol. The van der Waals surface area contributed by atoms with E-state index in [1.54, 1.807) is 7.11 Å². The van der Waals surface area contributed by atoms with Gasteiger partial charge in [-0.15, -0.1) is 0 Å². The zero-order chi connectivity index (χ0) is 19.7. The van der Waals surface area contributed by atoms with Gasteiger partial charge in [-0.25, -0.2) is 0 Å². The predicted molar refractivity (Wildman–Crippen MR) is 117 cm³/mol. The van der Waals surface area contributed by atoms with Crippen molar-refractivity contribution in [1.82, 2.24) is 0 Å². The van der Waals surface area contributed by atoms with E-state index in [9.17, 15) is 5.11 Å². The second-order valence-electron chi connectivity index (χ2n) is 9.11. The number of methoxy groups -OCH3 is 1. The molecule has 0 saturated heterocycles. The summed E-state index contributed by atoms with van der Waals surface area (Å²) in [7, 11) is 3.84. The summed E-state index contributed by atoms with van der Waals surface area (Å²) in [5.74, 6) is 2.19. The van der Waals surface area contributed by atoms with Crippen molar-refractivity contribution < 1.29 is 9.84 Å². The predicted octanol–water partition coefficient (Wildman–Crippen LogP) is 2.26. The van der Waals surface area contributed by atoms with Gasteiger partial charge in [-0.3, -0.25) is 0 Å². The molecule has 148 valence electrons. The lowest BCUT2D eigenvalue weighted by Crippen LogP contribution is -2.40. The number of fused-ring (bicyclic) bond motifs is 1. The van der Waals surface area contributed by atoms with E-state index in [2.05, 4.69) is 44.2 Å². The van der Waals surface area contributed by atoms with Crippen LogP contribution in [0.25, 0.3) is 0 Å². The number of nitrogens with two attached hydrogens (primary N) is 1. The number of hydrogen-bond acceptors (Lipinski definition) is 3. The van der Waals surface area contributed by atoms with E-state index in [1.165, 1.54) is 34.1 Å². The van der Waals surface area contributed by atoms with Crippen LogP contribution in [-0.4, -0.2) is 32.2 Å². The molecule has 0 unspecified atom stereocenters. The van der Waals surface area contributed by atoms with E-state index in [1.807, 2.05) is 0 Å². The smallest absolute Gasteiger partial charge is 0.144 e. The summed E-state index contributed by atoms with van der Waals surface area (Å²) in [4.78, 5) is 0. The fourth-order valence-corrected chi connectivity index (χ4v) is 5.19. The molecule has 3 atom stereocenters. The summed E-state index contributed by atoms with van der Waals surface area (Å²) in [6, 6.07) is 13.7. The highest BCUT2D eigenvalue weighted by molar-refractivity contribution is 6.34. The highest BCUT2D eigenvalue weighted by Gasteiger charge is 2.36. The number of rotatable bonds is 5. The molecule has 3 N–H and O–H groups in total. The van der Waals surface area contributed by atoms with Gasteiger partial charge in [0.25, 0.3) is 0 Å². The van der Waals surface area contributed by atoms with Crippen molar-refractivity contribution in [2.75, 3.05) is 13.7 Å². The van der Waals surface area contributed by atoms with Gasteiger partial charge in [0.1, 0.15) is 13.6 Å². The third-order valence-corrected chi connectivity index (χ3v) is 6.99. The van der Waals surface area contributed by atoms with Gasteiger partial charge in [-0.2, -0.15) is 0 Å². The lowest BCUT2D eigenvalue weighted by atomic mass is 9.79. The number of hydrogen-bond donors (Lipinski definition) is 2. The molecule has 2 aromatic carbocycles. The van der Waals surface area contributed by atoms with Crippen molar-refractivity contribution in [3.63, 3.8) is 0 Å². The maximum atomic E-state index is 9.55. The van der Waals surface area contributed by atoms with Gasteiger partial charge >= 0.3 is 0 Å². The van der Waals surface area contributed by atoms with Gasteiger partial charge in [0.05, 0.1) is 13.7 Å². The van der Waals surface area contributed by atoms with Gasteiger partial charge in [0.15, 0.2) is 0 Å². The minimum Gasteiger partial charge on any atom is -0.497 e. The molecule has 0 heterocycles. The normalized spacial score (nSPS) is 26.8. The molecule has 0 amide bonds. The highest BCUT2D eigenvalue weighted by Crippen LogP contribution is 2.40. The number of benzene rings is 2. The molecule has 0 aliphatic heterocycles. The molecular formula is C24H32BNO2. The third kappa shape index (κ3) is 3.99. The maximum Gasteiger partial charge on any atom is 0.144 e. The Labute approximate surface area is 169 Å². The van der Waals surface area contributed by atoms with E-state index in [-0.39, 0.29) is 12.1 Å². The highest BCUT2D eigenvalue weighted by atomic mass is 16.5. The molecule has 0 aromatic heterocycles. The first-order valence-corrected chi connectivity index (χ1v) is 10.6. The molecule has 2 aromatic rings. The van der Waals surface area contributed by atoms with Crippen molar-refractivity contribution in [2.45, 2.75) is 56.4 Å². The van der Waals surface area contributed by atoms with E-state index < -0.39 is 0 Å². The Morgan fingerprint density at radius 2 is 2.04 bits per heavy atom. The van der Waals surface area contributed by atoms with Crippen LogP contribution in [-0.2, 0) is 19.3 Å². The Morgan fingerprint density at radius 1 is 1.18 bits per heavy atom. The van der Waals surface area contributed by atoms with Gasteiger partial charge in [0, 0.05) is 5.54 Å². The molecule has 28 heavy (non-hydrogen) atoms. The van der Waals surface area contributed by atoms with Crippen LogP contribution in [0.2, 0.25) is 0 Å². The zero-order valence-corrected chi connectivity index (χ0v) is 17.2. The summed E-state index contributed by atoms with van der Waals surface area (Å²) in [6.07, 6.45) is 7.61. The molecule has 4 rings (SSSR count). The van der Waals surface area contributed by atoms with Crippen LogP contribution >= 0.6 is 0 Å². The van der Waals surface area contributed by atoms with E-state index >= 15 is 0 Å². The van der Waals surface area contributed by atoms with Crippen molar-refractivity contribution in [3.05, 3.63) is 58.7 Å². The number of aliphatic hydroxyl groups excluding tert-OH is 1. The van der Waals surface area contributed by atoms with Crippen LogP contribution in [0.15, 0.2) is 36.4 Å². The summed E-state index contributed by atoms with van der Waals surface area (Å²) in [5, 5.41) is 9.55. The second kappa shape index (κ2) is 7.92. The molecule has 2 aliphatic carbocycles. The Balaban J connectivity index is 1.44.